The predicted octanol–water partition coefficient (Wildman–Crippen LogP) is -0.958. The van der Waals surface area contributed by atoms with Crippen LogP contribution in [0.3, 0.4) is 0 Å². The zero-order valence-corrected chi connectivity index (χ0v) is 10.7. The molecule has 1 aromatic heterocycles. The minimum atomic E-state index is -1.28. The molecule has 19 heavy (non-hydrogen) atoms. The van der Waals surface area contributed by atoms with Crippen LogP contribution in [-0.2, 0) is 4.74 Å². The van der Waals surface area contributed by atoms with Crippen LogP contribution in [0.15, 0.2) is 12.3 Å². The maximum Gasteiger partial charge on any atom is 0.370 e. The van der Waals surface area contributed by atoms with Crippen LogP contribution in [0.2, 0.25) is 0 Å². The van der Waals surface area contributed by atoms with E-state index in [1.807, 2.05) is 0 Å². The topological polar surface area (TPSA) is 83.0 Å². The average Bonchev–Trinajstić information content (AvgIpc) is 2.69. The van der Waals surface area contributed by atoms with Gasteiger partial charge in [-0.25, -0.2) is 4.39 Å². The second-order valence-corrected chi connectivity index (χ2v) is 4.48. The Kier molecular flexibility index (Phi) is 4.00. The summed E-state index contributed by atoms with van der Waals surface area (Å²) in [6, 6.07) is 1.46. The van der Waals surface area contributed by atoms with Gasteiger partial charge in [0.05, 0.1) is 19.8 Å². The van der Waals surface area contributed by atoms with Gasteiger partial charge >= 0.3 is 5.88 Å². The first-order chi connectivity index (χ1) is 8.99. The highest BCUT2D eigenvalue weighted by Gasteiger charge is 2.49. The molecule has 0 saturated carbocycles. The zero-order chi connectivity index (χ0) is 14.2. The lowest BCUT2D eigenvalue weighted by atomic mass is 10.1. The van der Waals surface area contributed by atoms with Crippen molar-refractivity contribution in [3.63, 3.8) is 0 Å². The Morgan fingerprint density at radius 3 is 2.63 bits per heavy atom. The fraction of sp³-hybridized carbons (Fsp3) is 0.583. The molecule has 3 N–H and O–H groups in total. The molecule has 0 bridgehead atoms. The number of methoxy groups -OCH3 is 1. The highest BCUT2D eigenvalue weighted by atomic mass is 19.1. The van der Waals surface area contributed by atoms with Crippen LogP contribution in [0, 0.1) is 12.7 Å². The lowest BCUT2D eigenvalue weighted by molar-refractivity contribution is -0.769. The van der Waals surface area contributed by atoms with Crippen molar-refractivity contribution in [2.75, 3.05) is 13.7 Å². The van der Waals surface area contributed by atoms with Gasteiger partial charge in [-0.15, -0.1) is 4.57 Å². The van der Waals surface area contributed by atoms with Crippen molar-refractivity contribution in [1.29, 1.82) is 0 Å². The molecule has 1 aromatic rings. The fourth-order valence-electron chi connectivity index (χ4n) is 2.09. The number of rotatable bonds is 3. The molecule has 7 heteroatoms. The van der Waals surface area contributed by atoms with Crippen molar-refractivity contribution in [2.24, 2.45) is 0 Å². The first-order valence-electron chi connectivity index (χ1n) is 5.87. The summed E-state index contributed by atoms with van der Waals surface area (Å²) >= 11 is 0. The van der Waals surface area contributed by atoms with Gasteiger partial charge in [0.15, 0.2) is 11.9 Å². The van der Waals surface area contributed by atoms with Gasteiger partial charge in [-0.2, -0.15) is 0 Å². The molecule has 0 aromatic carbocycles. The highest BCUT2D eigenvalue weighted by molar-refractivity contribution is 5.16. The van der Waals surface area contributed by atoms with Gasteiger partial charge in [0, 0.05) is 5.56 Å². The van der Waals surface area contributed by atoms with Crippen LogP contribution in [0.4, 0.5) is 4.39 Å². The molecule has 1 aliphatic rings. The van der Waals surface area contributed by atoms with Gasteiger partial charge in [0.1, 0.15) is 12.2 Å². The monoisotopic (exact) mass is 274 g/mol. The first-order valence-corrected chi connectivity index (χ1v) is 5.87. The third-order valence-electron chi connectivity index (χ3n) is 3.22. The number of halogens is 1. The summed E-state index contributed by atoms with van der Waals surface area (Å²) in [5.41, 5.74) is 0.389. The second kappa shape index (κ2) is 5.38. The molecule has 4 atom stereocenters. The number of aliphatic hydroxyl groups is 3. The summed E-state index contributed by atoms with van der Waals surface area (Å²) in [5, 5.41) is 28.6. The third kappa shape index (κ3) is 2.42. The Balaban J connectivity index is 2.39. The molecule has 1 unspecified atom stereocenters. The molecule has 1 aliphatic heterocycles. The van der Waals surface area contributed by atoms with E-state index in [0.717, 1.165) is 6.20 Å². The summed E-state index contributed by atoms with van der Waals surface area (Å²) < 4.78 is 25.3. The summed E-state index contributed by atoms with van der Waals surface area (Å²) in [4.78, 5) is 0. The standard InChI is InChI=1S/C12H17FNO5/c1-6-3-9(18-2)14(4-7(6)13)12-11(17)10(16)8(5-15)19-12/h3-4,8,10-12,15-17H,5H2,1-2H3/q+1/t8-,10?,11+,12-/m1/s1. The Morgan fingerprint density at radius 2 is 2.11 bits per heavy atom. The maximum absolute atomic E-state index is 13.6. The molecule has 1 saturated heterocycles. The molecule has 0 amide bonds. The van der Waals surface area contributed by atoms with E-state index in [4.69, 9.17) is 14.6 Å². The van der Waals surface area contributed by atoms with Gasteiger partial charge in [0.2, 0.25) is 6.20 Å². The lowest BCUT2D eigenvalue weighted by Gasteiger charge is -2.12. The molecular formula is C12H17FNO5+. The smallest absolute Gasteiger partial charge is 0.370 e. The van der Waals surface area contributed by atoms with E-state index in [1.165, 1.54) is 17.7 Å². The number of hydrogen-bond acceptors (Lipinski definition) is 5. The normalized spacial score (nSPS) is 30.6. The van der Waals surface area contributed by atoms with Gasteiger partial charge < -0.3 is 24.8 Å². The molecule has 0 radical (unpaired) electrons. The average molecular weight is 274 g/mol. The summed E-state index contributed by atoms with van der Waals surface area (Å²) in [6.45, 7) is 1.14. The van der Waals surface area contributed by atoms with Crippen molar-refractivity contribution in [1.82, 2.24) is 0 Å². The van der Waals surface area contributed by atoms with Crippen molar-refractivity contribution in [3.05, 3.63) is 23.6 Å². The van der Waals surface area contributed by atoms with Crippen LogP contribution in [0.5, 0.6) is 5.88 Å². The van der Waals surface area contributed by atoms with Crippen molar-refractivity contribution < 1.29 is 33.8 Å². The lowest BCUT2D eigenvalue weighted by Crippen LogP contribution is -2.47. The molecule has 2 heterocycles. The minimum absolute atomic E-state index is 0.286. The highest BCUT2D eigenvalue weighted by Crippen LogP contribution is 2.27. The van der Waals surface area contributed by atoms with E-state index in [2.05, 4.69) is 0 Å². The van der Waals surface area contributed by atoms with Crippen LogP contribution in [0.25, 0.3) is 0 Å². The van der Waals surface area contributed by atoms with Gasteiger partial charge in [-0.3, -0.25) is 0 Å². The maximum atomic E-state index is 13.6. The minimum Gasteiger partial charge on any atom is -0.448 e. The fourth-order valence-corrected chi connectivity index (χ4v) is 2.09. The summed E-state index contributed by atoms with van der Waals surface area (Å²) in [7, 11) is 1.41. The predicted molar refractivity (Wildman–Crippen MR) is 60.9 cm³/mol. The Bertz CT molecular complexity index is 470. The number of aryl methyl sites for hydroxylation is 1. The van der Waals surface area contributed by atoms with Gasteiger partial charge in [0.25, 0.3) is 6.23 Å². The number of hydrogen-bond donors (Lipinski definition) is 3. The Morgan fingerprint density at radius 1 is 1.42 bits per heavy atom. The number of aliphatic hydroxyl groups excluding tert-OH is 3. The van der Waals surface area contributed by atoms with Crippen LogP contribution in [-0.4, -0.2) is 47.3 Å². The van der Waals surface area contributed by atoms with Gasteiger partial charge in [-0.1, -0.05) is 0 Å². The largest absolute Gasteiger partial charge is 0.448 e. The number of pyridine rings is 1. The van der Waals surface area contributed by atoms with E-state index >= 15 is 0 Å². The van der Waals surface area contributed by atoms with Crippen LogP contribution in [0.1, 0.15) is 11.8 Å². The van der Waals surface area contributed by atoms with E-state index < -0.39 is 37.0 Å². The molecule has 0 spiro atoms. The first kappa shape index (κ1) is 14.1. The molecule has 6 nitrogen and oxygen atoms in total. The van der Waals surface area contributed by atoms with Gasteiger partial charge in [-0.05, 0) is 6.92 Å². The molecular weight excluding hydrogens is 257 g/mol. The Labute approximate surface area is 109 Å². The quantitative estimate of drug-likeness (QED) is 0.619. The molecule has 106 valence electrons. The number of nitrogens with zero attached hydrogens (tertiary/aromatic N) is 1. The molecule has 0 aliphatic carbocycles. The SMILES string of the molecule is COc1cc(C)c(F)c[n+]1[C@@H]1O[C@H](CO)C(O)[C@@H]1O. The van der Waals surface area contributed by atoms with Crippen molar-refractivity contribution in [2.45, 2.75) is 31.5 Å². The van der Waals surface area contributed by atoms with E-state index in [-0.39, 0.29) is 5.88 Å². The number of aromatic nitrogens is 1. The van der Waals surface area contributed by atoms with E-state index in [1.54, 1.807) is 6.92 Å². The second-order valence-electron chi connectivity index (χ2n) is 4.48. The van der Waals surface area contributed by atoms with Crippen LogP contribution >= 0.6 is 0 Å². The summed E-state index contributed by atoms with van der Waals surface area (Å²) in [6.07, 6.45) is -3.32. The molecule has 1 fully saturated rings. The van der Waals surface area contributed by atoms with Crippen molar-refractivity contribution in [3.8, 4) is 5.88 Å². The van der Waals surface area contributed by atoms with E-state index in [0.29, 0.717) is 5.56 Å². The number of ether oxygens (including phenoxy) is 2. The molecule has 2 rings (SSSR count). The summed E-state index contributed by atoms with van der Waals surface area (Å²) in [5.74, 6) is -0.202. The van der Waals surface area contributed by atoms with Crippen LogP contribution < -0.4 is 9.30 Å². The van der Waals surface area contributed by atoms with Crippen molar-refractivity contribution >= 4 is 0 Å². The Hall–Kier alpha value is -1.28. The van der Waals surface area contributed by atoms with E-state index in [9.17, 15) is 14.6 Å². The third-order valence-corrected chi connectivity index (χ3v) is 3.22. The zero-order valence-electron chi connectivity index (χ0n) is 10.7.